The van der Waals surface area contributed by atoms with Crippen molar-refractivity contribution in [1.29, 1.82) is 0 Å². The smallest absolute Gasteiger partial charge is 0.257 e. The minimum absolute atomic E-state index is 0.156. The summed E-state index contributed by atoms with van der Waals surface area (Å²) in [7, 11) is 1.64. The predicted molar refractivity (Wildman–Crippen MR) is 86.6 cm³/mol. The number of aromatic nitrogens is 1. The Morgan fingerprint density at radius 1 is 1.38 bits per heavy atom. The van der Waals surface area contributed by atoms with Gasteiger partial charge in [0.1, 0.15) is 12.4 Å². The standard InChI is InChI=1S/C16H16ClN3O4/c1-9-7-12(19-24-9)18-16(22)15-14(20(2)13(21)8-23-15)10-3-5-11(17)6-4-10/h3-7,14-15H,8H2,1-2H3,(H,18,19,22). The van der Waals surface area contributed by atoms with Crippen LogP contribution in [0.5, 0.6) is 0 Å². The summed E-state index contributed by atoms with van der Waals surface area (Å²) in [6, 6.07) is 8.00. The summed E-state index contributed by atoms with van der Waals surface area (Å²) in [5.41, 5.74) is 0.756. The van der Waals surface area contributed by atoms with Crippen LogP contribution >= 0.6 is 11.6 Å². The van der Waals surface area contributed by atoms with Crippen molar-refractivity contribution in [2.24, 2.45) is 0 Å². The molecule has 7 nitrogen and oxygen atoms in total. The van der Waals surface area contributed by atoms with Crippen molar-refractivity contribution in [1.82, 2.24) is 10.1 Å². The molecular formula is C16H16ClN3O4. The van der Waals surface area contributed by atoms with Crippen LogP contribution < -0.4 is 5.32 Å². The molecule has 1 aromatic heterocycles. The first-order valence-electron chi connectivity index (χ1n) is 7.32. The number of ether oxygens (including phenoxy) is 1. The number of anilines is 1. The van der Waals surface area contributed by atoms with Crippen molar-refractivity contribution in [3.8, 4) is 0 Å². The number of carbonyl (C=O) groups is 2. The minimum Gasteiger partial charge on any atom is -0.360 e. The number of halogens is 1. The Morgan fingerprint density at radius 2 is 2.08 bits per heavy atom. The maximum absolute atomic E-state index is 12.6. The van der Waals surface area contributed by atoms with Crippen molar-refractivity contribution in [3.05, 3.63) is 46.7 Å². The number of hydrogen-bond donors (Lipinski definition) is 1. The number of nitrogens with one attached hydrogen (secondary N) is 1. The summed E-state index contributed by atoms with van der Waals surface area (Å²) < 4.78 is 10.4. The average molecular weight is 350 g/mol. The molecule has 8 heteroatoms. The zero-order valence-electron chi connectivity index (χ0n) is 13.2. The molecule has 2 unspecified atom stereocenters. The van der Waals surface area contributed by atoms with Gasteiger partial charge in [0.15, 0.2) is 11.9 Å². The van der Waals surface area contributed by atoms with Crippen LogP contribution in [0.4, 0.5) is 5.82 Å². The van der Waals surface area contributed by atoms with E-state index in [0.717, 1.165) is 5.56 Å². The molecule has 0 aliphatic carbocycles. The van der Waals surface area contributed by atoms with Gasteiger partial charge in [-0.25, -0.2) is 0 Å². The number of morpholine rings is 1. The Labute approximate surface area is 143 Å². The molecule has 1 saturated heterocycles. The highest BCUT2D eigenvalue weighted by molar-refractivity contribution is 6.30. The van der Waals surface area contributed by atoms with Gasteiger partial charge in [-0.1, -0.05) is 28.9 Å². The van der Waals surface area contributed by atoms with E-state index in [1.54, 1.807) is 44.3 Å². The molecule has 1 aliphatic heterocycles. The largest absolute Gasteiger partial charge is 0.360 e. The molecule has 2 heterocycles. The van der Waals surface area contributed by atoms with Crippen LogP contribution in [0.25, 0.3) is 0 Å². The lowest BCUT2D eigenvalue weighted by Gasteiger charge is -2.38. The van der Waals surface area contributed by atoms with Crippen LogP contribution in [-0.2, 0) is 14.3 Å². The van der Waals surface area contributed by atoms with Gasteiger partial charge in [-0.15, -0.1) is 0 Å². The number of rotatable bonds is 3. The summed E-state index contributed by atoms with van der Waals surface area (Å²) in [4.78, 5) is 26.1. The van der Waals surface area contributed by atoms with Gasteiger partial charge < -0.3 is 19.5 Å². The zero-order chi connectivity index (χ0) is 17.3. The van der Waals surface area contributed by atoms with Gasteiger partial charge in [0, 0.05) is 18.1 Å². The van der Waals surface area contributed by atoms with E-state index in [0.29, 0.717) is 16.6 Å². The number of carbonyl (C=O) groups excluding carboxylic acids is 2. The van der Waals surface area contributed by atoms with Crippen LogP contribution in [0.2, 0.25) is 5.02 Å². The van der Waals surface area contributed by atoms with Crippen molar-refractivity contribution in [3.63, 3.8) is 0 Å². The van der Waals surface area contributed by atoms with Gasteiger partial charge >= 0.3 is 0 Å². The zero-order valence-corrected chi connectivity index (χ0v) is 13.9. The topological polar surface area (TPSA) is 84.7 Å². The Balaban J connectivity index is 1.86. The summed E-state index contributed by atoms with van der Waals surface area (Å²) in [6.45, 7) is 1.57. The van der Waals surface area contributed by atoms with Gasteiger partial charge in [-0.3, -0.25) is 9.59 Å². The fourth-order valence-corrected chi connectivity index (χ4v) is 2.74. The number of nitrogens with zero attached hydrogens (tertiary/aromatic N) is 2. The Morgan fingerprint density at radius 3 is 2.71 bits per heavy atom. The highest BCUT2D eigenvalue weighted by atomic mass is 35.5. The van der Waals surface area contributed by atoms with E-state index < -0.39 is 18.1 Å². The third-order valence-electron chi connectivity index (χ3n) is 3.83. The van der Waals surface area contributed by atoms with Crippen LogP contribution in [-0.4, -0.2) is 41.6 Å². The molecule has 0 bridgehead atoms. The van der Waals surface area contributed by atoms with E-state index in [1.807, 2.05) is 0 Å². The first-order valence-corrected chi connectivity index (χ1v) is 7.70. The number of amides is 2. The van der Waals surface area contributed by atoms with Gasteiger partial charge in [-0.2, -0.15) is 0 Å². The third-order valence-corrected chi connectivity index (χ3v) is 4.08. The fourth-order valence-electron chi connectivity index (χ4n) is 2.61. The van der Waals surface area contributed by atoms with Crippen LogP contribution in [0.15, 0.2) is 34.9 Å². The molecule has 2 atom stereocenters. The SMILES string of the molecule is Cc1cc(NC(=O)C2OCC(=O)N(C)C2c2ccc(Cl)cc2)no1. The van der Waals surface area contributed by atoms with Crippen molar-refractivity contribution in [2.75, 3.05) is 19.0 Å². The van der Waals surface area contributed by atoms with Crippen molar-refractivity contribution in [2.45, 2.75) is 19.1 Å². The normalized spacial score (nSPS) is 21.0. The van der Waals surface area contributed by atoms with Gasteiger partial charge in [0.05, 0.1) is 6.04 Å². The summed E-state index contributed by atoms with van der Waals surface area (Å²) in [6.07, 6.45) is -0.870. The predicted octanol–water partition coefficient (Wildman–Crippen LogP) is 2.17. The lowest BCUT2D eigenvalue weighted by Crippen LogP contribution is -2.51. The maximum Gasteiger partial charge on any atom is 0.257 e. The lowest BCUT2D eigenvalue weighted by molar-refractivity contribution is -0.160. The number of benzene rings is 1. The molecule has 126 valence electrons. The molecule has 0 spiro atoms. The van der Waals surface area contributed by atoms with E-state index in [4.69, 9.17) is 20.9 Å². The summed E-state index contributed by atoms with van der Waals surface area (Å²) in [5.74, 6) is 0.283. The van der Waals surface area contributed by atoms with E-state index in [1.165, 1.54) is 4.90 Å². The minimum atomic E-state index is -0.870. The van der Waals surface area contributed by atoms with E-state index in [2.05, 4.69) is 10.5 Å². The molecule has 1 aromatic carbocycles. The highest BCUT2D eigenvalue weighted by Crippen LogP contribution is 2.30. The molecule has 0 radical (unpaired) electrons. The number of aryl methyl sites for hydroxylation is 1. The van der Waals surface area contributed by atoms with Gasteiger partial charge in [0.2, 0.25) is 5.91 Å². The maximum atomic E-state index is 12.6. The molecule has 24 heavy (non-hydrogen) atoms. The second-order valence-electron chi connectivity index (χ2n) is 5.54. The first kappa shape index (κ1) is 16.5. The highest BCUT2D eigenvalue weighted by Gasteiger charge is 2.40. The summed E-state index contributed by atoms with van der Waals surface area (Å²) >= 11 is 5.91. The monoisotopic (exact) mass is 349 g/mol. The van der Waals surface area contributed by atoms with Crippen molar-refractivity contribution >= 4 is 29.2 Å². The molecule has 2 amide bonds. The first-order chi connectivity index (χ1) is 11.5. The third kappa shape index (κ3) is 3.27. The van der Waals surface area contributed by atoms with E-state index >= 15 is 0 Å². The Hall–Kier alpha value is -2.38. The van der Waals surface area contributed by atoms with E-state index in [-0.39, 0.29) is 12.5 Å². The van der Waals surface area contributed by atoms with Crippen molar-refractivity contribution < 1.29 is 18.8 Å². The quantitative estimate of drug-likeness (QED) is 0.918. The molecule has 2 aromatic rings. The molecular weight excluding hydrogens is 334 g/mol. The average Bonchev–Trinajstić information content (AvgIpc) is 2.96. The van der Waals surface area contributed by atoms with Gasteiger partial charge in [0.25, 0.3) is 5.91 Å². The molecule has 0 saturated carbocycles. The lowest BCUT2D eigenvalue weighted by atomic mass is 9.97. The molecule has 3 rings (SSSR count). The van der Waals surface area contributed by atoms with Crippen LogP contribution in [0.3, 0.4) is 0 Å². The molecule has 1 aliphatic rings. The van der Waals surface area contributed by atoms with Crippen LogP contribution in [0.1, 0.15) is 17.4 Å². The summed E-state index contributed by atoms with van der Waals surface area (Å²) in [5, 5.41) is 6.95. The van der Waals surface area contributed by atoms with Gasteiger partial charge in [-0.05, 0) is 24.6 Å². The molecule has 1 fully saturated rings. The fraction of sp³-hybridized carbons (Fsp3) is 0.312. The number of likely N-dealkylation sites (N-methyl/N-ethyl adjacent to an activating group) is 1. The second kappa shape index (κ2) is 6.62. The number of hydrogen-bond acceptors (Lipinski definition) is 5. The Bertz CT molecular complexity index is 759. The Kier molecular flexibility index (Phi) is 4.55. The van der Waals surface area contributed by atoms with E-state index in [9.17, 15) is 9.59 Å². The second-order valence-corrected chi connectivity index (χ2v) is 5.98. The van der Waals surface area contributed by atoms with Crippen LogP contribution in [0, 0.1) is 6.92 Å². The molecule has 1 N–H and O–H groups in total.